The van der Waals surface area contributed by atoms with E-state index in [1.807, 2.05) is 43.3 Å². The Morgan fingerprint density at radius 2 is 2.02 bits per heavy atom. The molecule has 0 saturated heterocycles. The minimum Gasteiger partial charge on any atom is -0.386 e. The highest BCUT2D eigenvalue weighted by atomic mass is 35.5. The number of urea groups is 1. The van der Waals surface area contributed by atoms with Crippen molar-refractivity contribution in [2.45, 2.75) is 38.7 Å². The molecule has 3 aromatic rings. The molecule has 2 aromatic carbocycles. The zero-order valence-electron chi connectivity index (χ0n) is 22.3. The summed E-state index contributed by atoms with van der Waals surface area (Å²) in [7, 11) is 0. The summed E-state index contributed by atoms with van der Waals surface area (Å²) >= 11 is 6.95. The van der Waals surface area contributed by atoms with Crippen LogP contribution in [0.25, 0.3) is 16.5 Å². The van der Waals surface area contributed by atoms with Gasteiger partial charge in [-0.05, 0) is 67.8 Å². The number of nitrogens with one attached hydrogen (secondary N) is 1. The van der Waals surface area contributed by atoms with Crippen molar-refractivity contribution in [1.82, 2.24) is 9.88 Å². The molecule has 1 aromatic heterocycles. The summed E-state index contributed by atoms with van der Waals surface area (Å²) in [5.41, 5.74) is 10.9. The van der Waals surface area contributed by atoms with Crippen LogP contribution in [0.4, 0.5) is 14.9 Å². The Labute approximate surface area is 235 Å². The van der Waals surface area contributed by atoms with Crippen molar-refractivity contribution in [1.29, 1.82) is 0 Å². The fourth-order valence-corrected chi connectivity index (χ4v) is 6.15. The molecule has 3 aliphatic rings. The van der Waals surface area contributed by atoms with E-state index >= 15 is 0 Å². The second-order valence-corrected chi connectivity index (χ2v) is 11.3. The SMILES string of the molecule is Cc1c(C2=C(Cl)C[C@H](C(N)=O)c3[nH]c4cc(C(C)(C)O)ccc4c32)cccc1N1CC=C2C(F)=CC=CN2C1=O. The predicted molar refractivity (Wildman–Crippen MR) is 154 cm³/mol. The van der Waals surface area contributed by atoms with Crippen LogP contribution in [0.3, 0.4) is 0 Å². The number of hydrogen-bond acceptors (Lipinski definition) is 3. The number of carbonyl (C=O) groups is 2. The Hall–Kier alpha value is -4.14. The van der Waals surface area contributed by atoms with Crippen LogP contribution in [0.2, 0.25) is 0 Å². The highest BCUT2D eigenvalue weighted by Crippen LogP contribution is 2.48. The van der Waals surface area contributed by atoms with Gasteiger partial charge in [-0.2, -0.15) is 0 Å². The smallest absolute Gasteiger partial charge is 0.333 e. The number of primary amides is 1. The van der Waals surface area contributed by atoms with Gasteiger partial charge in [-0.15, -0.1) is 0 Å². The lowest BCUT2D eigenvalue weighted by molar-refractivity contribution is -0.119. The van der Waals surface area contributed by atoms with E-state index in [4.69, 9.17) is 17.3 Å². The van der Waals surface area contributed by atoms with Crippen molar-refractivity contribution in [2.75, 3.05) is 11.4 Å². The second-order valence-electron chi connectivity index (χ2n) is 10.8. The number of amides is 3. The Kier molecular flexibility index (Phi) is 6.01. The summed E-state index contributed by atoms with van der Waals surface area (Å²) in [4.78, 5) is 32.2. The summed E-state index contributed by atoms with van der Waals surface area (Å²) in [6.45, 7) is 5.55. The van der Waals surface area contributed by atoms with E-state index in [-0.39, 0.29) is 24.7 Å². The molecule has 2 aliphatic heterocycles. The fraction of sp³-hybridized carbons (Fsp3) is 0.226. The van der Waals surface area contributed by atoms with Crippen molar-refractivity contribution in [3.63, 3.8) is 0 Å². The number of allylic oxidation sites excluding steroid dienone is 4. The van der Waals surface area contributed by atoms with Crippen LogP contribution in [0, 0.1) is 6.92 Å². The lowest BCUT2D eigenvalue weighted by Crippen LogP contribution is -2.45. The minimum atomic E-state index is -1.05. The van der Waals surface area contributed by atoms with Crippen molar-refractivity contribution < 1.29 is 19.1 Å². The number of carbonyl (C=O) groups excluding carboxylic acids is 2. The maximum absolute atomic E-state index is 14.3. The van der Waals surface area contributed by atoms with Crippen LogP contribution < -0.4 is 10.6 Å². The molecule has 1 atom stereocenters. The third-order valence-corrected chi connectivity index (χ3v) is 8.23. The quantitative estimate of drug-likeness (QED) is 0.356. The molecule has 3 heterocycles. The molecule has 7 nitrogen and oxygen atoms in total. The number of rotatable bonds is 4. The topological polar surface area (TPSA) is 103 Å². The number of aliphatic hydroxyl groups is 1. The van der Waals surface area contributed by atoms with Crippen molar-refractivity contribution >= 4 is 45.7 Å². The number of benzene rings is 2. The van der Waals surface area contributed by atoms with Gasteiger partial charge >= 0.3 is 6.03 Å². The average Bonchev–Trinajstić information content (AvgIpc) is 3.28. The second kappa shape index (κ2) is 9.21. The number of halogens is 2. The third-order valence-electron chi connectivity index (χ3n) is 7.88. The maximum atomic E-state index is 14.3. The summed E-state index contributed by atoms with van der Waals surface area (Å²) in [6.07, 6.45) is 6.30. The lowest BCUT2D eigenvalue weighted by atomic mass is 9.81. The van der Waals surface area contributed by atoms with Gasteiger partial charge in [0.05, 0.1) is 17.2 Å². The number of aromatic amines is 1. The molecular formula is C31H28ClFN4O3. The highest BCUT2D eigenvalue weighted by Gasteiger charge is 2.36. The number of H-pyrrole nitrogens is 1. The predicted octanol–water partition coefficient (Wildman–Crippen LogP) is 6.18. The largest absolute Gasteiger partial charge is 0.386 e. The average molecular weight is 559 g/mol. The number of anilines is 1. The molecule has 0 radical (unpaired) electrons. The van der Waals surface area contributed by atoms with E-state index < -0.39 is 23.3 Å². The van der Waals surface area contributed by atoms with Crippen molar-refractivity contribution in [3.8, 4) is 0 Å². The van der Waals surface area contributed by atoms with E-state index in [0.29, 0.717) is 16.4 Å². The molecule has 40 heavy (non-hydrogen) atoms. The van der Waals surface area contributed by atoms with E-state index in [9.17, 15) is 19.1 Å². The van der Waals surface area contributed by atoms with Crippen LogP contribution in [0.5, 0.6) is 0 Å². The van der Waals surface area contributed by atoms with Crippen LogP contribution >= 0.6 is 11.6 Å². The van der Waals surface area contributed by atoms with E-state index in [0.717, 1.165) is 38.7 Å². The molecule has 0 saturated carbocycles. The van der Waals surface area contributed by atoms with Gasteiger partial charge in [0, 0.05) is 57.6 Å². The first-order valence-electron chi connectivity index (χ1n) is 13.0. The molecule has 9 heteroatoms. The van der Waals surface area contributed by atoms with Crippen molar-refractivity contribution in [2.24, 2.45) is 5.73 Å². The molecular weight excluding hydrogens is 531 g/mol. The zero-order chi connectivity index (χ0) is 28.5. The standard InChI is InChI=1S/C31H28ClFN4O3/c1-16-18(6-4-8-24(16)37-13-11-25-22(33)7-5-12-36(25)30(37)39)26-21(32)15-20(29(34)38)28-27(26)19-10-9-17(31(2,3)40)14-23(19)35-28/h4-12,14,20,35,40H,13,15H2,1-3H3,(H2,34,38)/t20-/m0/s1. The van der Waals surface area contributed by atoms with Gasteiger partial charge in [-0.1, -0.05) is 35.9 Å². The van der Waals surface area contributed by atoms with Gasteiger partial charge < -0.3 is 15.8 Å². The maximum Gasteiger partial charge on any atom is 0.333 e. The molecule has 4 N–H and O–H groups in total. The van der Waals surface area contributed by atoms with Crippen LogP contribution in [0.1, 0.15) is 54.1 Å². The Bertz CT molecular complexity index is 1740. The Balaban J connectivity index is 1.51. The van der Waals surface area contributed by atoms with Gasteiger partial charge in [0.1, 0.15) is 5.83 Å². The molecule has 0 bridgehead atoms. The Morgan fingerprint density at radius 3 is 2.75 bits per heavy atom. The van der Waals surface area contributed by atoms with Crippen LogP contribution in [-0.2, 0) is 10.4 Å². The first-order valence-corrected chi connectivity index (χ1v) is 13.4. The number of nitrogens with zero attached hydrogens (tertiary/aromatic N) is 2. The van der Waals surface area contributed by atoms with Gasteiger partial charge in [0.25, 0.3) is 0 Å². The molecule has 3 amide bonds. The summed E-state index contributed by atoms with van der Waals surface area (Å²) in [6, 6.07) is 10.9. The summed E-state index contributed by atoms with van der Waals surface area (Å²) in [5, 5.41) is 11.9. The normalized spacial score (nSPS) is 19.1. The lowest BCUT2D eigenvalue weighted by Gasteiger charge is -2.35. The van der Waals surface area contributed by atoms with Gasteiger partial charge in [0.15, 0.2) is 0 Å². The molecule has 0 unspecified atom stereocenters. The number of hydrogen-bond donors (Lipinski definition) is 3. The van der Waals surface area contributed by atoms with E-state index in [2.05, 4.69) is 4.98 Å². The van der Waals surface area contributed by atoms with Crippen LogP contribution in [-0.4, -0.2) is 33.5 Å². The summed E-state index contributed by atoms with van der Waals surface area (Å²) in [5.74, 6) is -1.59. The highest BCUT2D eigenvalue weighted by molar-refractivity contribution is 6.35. The minimum absolute atomic E-state index is 0.207. The summed E-state index contributed by atoms with van der Waals surface area (Å²) < 4.78 is 14.3. The molecule has 0 spiro atoms. The first-order chi connectivity index (χ1) is 19.0. The van der Waals surface area contributed by atoms with Gasteiger partial charge in [-0.3, -0.25) is 14.6 Å². The molecule has 1 aliphatic carbocycles. The zero-order valence-corrected chi connectivity index (χ0v) is 23.0. The van der Waals surface area contributed by atoms with Crippen molar-refractivity contribution in [3.05, 3.63) is 105 Å². The molecule has 204 valence electrons. The monoisotopic (exact) mass is 558 g/mol. The Morgan fingerprint density at radius 1 is 1.25 bits per heavy atom. The molecule has 6 rings (SSSR count). The number of aromatic nitrogens is 1. The van der Waals surface area contributed by atoms with Gasteiger partial charge in [0.2, 0.25) is 5.91 Å². The van der Waals surface area contributed by atoms with Crippen LogP contribution in [0.15, 0.2) is 77.4 Å². The number of nitrogens with two attached hydrogens (primary N) is 1. The first kappa shape index (κ1) is 26.1. The fourth-order valence-electron chi connectivity index (χ4n) is 5.80. The van der Waals surface area contributed by atoms with Gasteiger partial charge in [-0.25, -0.2) is 9.18 Å². The number of fused-ring (bicyclic) bond motifs is 4. The third kappa shape index (κ3) is 3.98. The molecule has 0 fully saturated rings. The van der Waals surface area contributed by atoms with E-state index in [1.165, 1.54) is 17.1 Å². The van der Waals surface area contributed by atoms with E-state index in [1.54, 1.807) is 31.0 Å².